The number of aromatic nitrogens is 2. The highest BCUT2D eigenvalue weighted by Gasteiger charge is 2.52. The summed E-state index contributed by atoms with van der Waals surface area (Å²) in [6.07, 6.45) is 1.06. The summed E-state index contributed by atoms with van der Waals surface area (Å²) in [5.74, 6) is 1.03. The van der Waals surface area contributed by atoms with Crippen molar-refractivity contribution in [1.29, 1.82) is 0 Å². The van der Waals surface area contributed by atoms with Gasteiger partial charge in [-0.1, -0.05) is 12.1 Å². The number of hydrogen-bond acceptors (Lipinski definition) is 4. The van der Waals surface area contributed by atoms with Crippen molar-refractivity contribution >= 4 is 23.6 Å². The lowest BCUT2D eigenvalue weighted by molar-refractivity contribution is 0.00578. The summed E-state index contributed by atoms with van der Waals surface area (Å²) in [5.41, 5.74) is 2.52. The average molecular weight is 329 g/mol. The number of nitrogens with one attached hydrogen (secondary N) is 1. The van der Waals surface area contributed by atoms with Gasteiger partial charge in [0.25, 0.3) is 0 Å². The van der Waals surface area contributed by atoms with Crippen LogP contribution in [-0.4, -0.2) is 41.5 Å². The molecule has 0 atom stereocenters. The Bertz CT molecular complexity index is 723. The molecule has 1 aromatic heterocycles. The summed E-state index contributed by atoms with van der Waals surface area (Å²) in [4.78, 5) is 4.73. The molecule has 0 aliphatic carbocycles. The van der Waals surface area contributed by atoms with Gasteiger partial charge in [-0.15, -0.1) is 0 Å². The van der Waals surface area contributed by atoms with Crippen LogP contribution in [0, 0.1) is 6.92 Å². The van der Waals surface area contributed by atoms with Crippen LogP contribution in [0.5, 0.6) is 0 Å². The maximum atomic E-state index is 6.27. The van der Waals surface area contributed by atoms with E-state index in [-0.39, 0.29) is 18.3 Å². The van der Waals surface area contributed by atoms with Gasteiger partial charge in [0.1, 0.15) is 5.82 Å². The molecule has 1 aromatic carbocycles. The molecule has 130 valence electrons. The molecule has 0 saturated carbocycles. The van der Waals surface area contributed by atoms with E-state index >= 15 is 0 Å². The third-order valence-corrected chi connectivity index (χ3v) is 5.30. The predicted octanol–water partition coefficient (Wildman–Crippen LogP) is 2.25. The molecule has 0 radical (unpaired) electrons. The zero-order valence-corrected chi connectivity index (χ0v) is 15.6. The molecule has 1 aliphatic rings. The Kier molecular flexibility index (Phi) is 4.49. The van der Waals surface area contributed by atoms with E-state index in [1.54, 1.807) is 0 Å². The molecule has 1 saturated heterocycles. The third-order valence-electron chi connectivity index (χ3n) is 5.30. The molecular formula is C18H28BN3O2. The second-order valence-electron chi connectivity index (χ2n) is 7.57. The zero-order valence-electron chi connectivity index (χ0n) is 15.6. The molecule has 2 heterocycles. The highest BCUT2D eigenvalue weighted by molar-refractivity contribution is 6.64. The van der Waals surface area contributed by atoms with Crippen LogP contribution in [0.4, 0.5) is 0 Å². The largest absolute Gasteiger partial charge is 0.497 e. The van der Waals surface area contributed by atoms with Crippen molar-refractivity contribution in [1.82, 2.24) is 14.9 Å². The maximum Gasteiger partial charge on any atom is 0.497 e. The Morgan fingerprint density at radius 2 is 1.83 bits per heavy atom. The quantitative estimate of drug-likeness (QED) is 0.675. The minimum Gasteiger partial charge on any atom is -0.399 e. The van der Waals surface area contributed by atoms with E-state index < -0.39 is 0 Å². The highest BCUT2D eigenvalue weighted by Crippen LogP contribution is 2.37. The molecule has 2 aromatic rings. The molecule has 0 spiro atoms. The van der Waals surface area contributed by atoms with Gasteiger partial charge in [0.15, 0.2) is 0 Å². The van der Waals surface area contributed by atoms with E-state index in [0.717, 1.165) is 41.8 Å². The van der Waals surface area contributed by atoms with Crippen LogP contribution < -0.4 is 10.8 Å². The monoisotopic (exact) mass is 329 g/mol. The molecule has 1 aliphatic heterocycles. The number of aryl methyl sites for hydroxylation is 2. The summed E-state index contributed by atoms with van der Waals surface area (Å²) in [6.45, 7) is 12.3. The van der Waals surface area contributed by atoms with Crippen molar-refractivity contribution in [2.75, 3.05) is 13.6 Å². The Morgan fingerprint density at radius 1 is 1.17 bits per heavy atom. The van der Waals surface area contributed by atoms with Gasteiger partial charge in [0.05, 0.1) is 22.2 Å². The Labute approximate surface area is 144 Å². The fourth-order valence-corrected chi connectivity index (χ4v) is 3.18. The van der Waals surface area contributed by atoms with Crippen molar-refractivity contribution in [3.63, 3.8) is 0 Å². The number of nitrogens with zero attached hydrogens (tertiary/aromatic N) is 2. The van der Waals surface area contributed by atoms with Gasteiger partial charge in [-0.2, -0.15) is 0 Å². The molecule has 5 nitrogen and oxygen atoms in total. The smallest absolute Gasteiger partial charge is 0.399 e. The van der Waals surface area contributed by atoms with Crippen molar-refractivity contribution in [3.05, 3.63) is 24.0 Å². The van der Waals surface area contributed by atoms with Gasteiger partial charge in [0, 0.05) is 12.0 Å². The number of benzene rings is 1. The lowest BCUT2D eigenvalue weighted by Crippen LogP contribution is -2.41. The van der Waals surface area contributed by atoms with Crippen LogP contribution >= 0.6 is 0 Å². The van der Waals surface area contributed by atoms with Crippen molar-refractivity contribution < 1.29 is 9.31 Å². The van der Waals surface area contributed by atoms with E-state index in [9.17, 15) is 0 Å². The van der Waals surface area contributed by atoms with Gasteiger partial charge in [0.2, 0.25) is 0 Å². The SMILES string of the molecule is CNCCCn1c(C)nc2cccc(B3OC(C)(C)C(C)(C)O3)c21. The van der Waals surface area contributed by atoms with Gasteiger partial charge in [-0.3, -0.25) is 0 Å². The van der Waals surface area contributed by atoms with Gasteiger partial charge >= 0.3 is 7.12 Å². The van der Waals surface area contributed by atoms with Crippen LogP contribution in [0.2, 0.25) is 0 Å². The molecule has 24 heavy (non-hydrogen) atoms. The topological polar surface area (TPSA) is 48.3 Å². The summed E-state index contributed by atoms with van der Waals surface area (Å²) < 4.78 is 14.8. The second kappa shape index (κ2) is 6.17. The van der Waals surface area contributed by atoms with E-state index in [4.69, 9.17) is 14.3 Å². The Morgan fingerprint density at radius 3 is 2.46 bits per heavy atom. The van der Waals surface area contributed by atoms with Crippen molar-refractivity contribution in [2.24, 2.45) is 0 Å². The second-order valence-corrected chi connectivity index (χ2v) is 7.57. The number of para-hydroxylation sites is 1. The first kappa shape index (κ1) is 17.5. The molecule has 1 N–H and O–H groups in total. The third kappa shape index (κ3) is 2.87. The van der Waals surface area contributed by atoms with Gasteiger partial charge in [-0.05, 0) is 60.7 Å². The fraction of sp³-hybridized carbons (Fsp3) is 0.611. The molecule has 0 amide bonds. The summed E-state index contributed by atoms with van der Waals surface area (Å²) in [5, 5.41) is 3.21. The lowest BCUT2D eigenvalue weighted by atomic mass is 9.78. The van der Waals surface area contributed by atoms with Gasteiger partial charge in [-0.25, -0.2) is 4.98 Å². The number of fused-ring (bicyclic) bond motifs is 1. The molecule has 1 fully saturated rings. The first-order chi connectivity index (χ1) is 11.3. The van der Waals surface area contributed by atoms with Crippen LogP contribution in [0.1, 0.15) is 39.9 Å². The maximum absolute atomic E-state index is 6.27. The van der Waals surface area contributed by atoms with Crippen molar-refractivity contribution in [3.8, 4) is 0 Å². The van der Waals surface area contributed by atoms with Crippen LogP contribution in [-0.2, 0) is 15.9 Å². The van der Waals surface area contributed by atoms with E-state index in [1.807, 2.05) is 13.1 Å². The minimum atomic E-state index is -0.363. The normalized spacial score (nSPS) is 19.3. The summed E-state index contributed by atoms with van der Waals surface area (Å²) in [6, 6.07) is 6.19. The summed E-state index contributed by atoms with van der Waals surface area (Å²) in [7, 11) is 1.62. The Balaban J connectivity index is 2.03. The average Bonchev–Trinajstić information content (AvgIpc) is 2.92. The molecule has 6 heteroatoms. The highest BCUT2D eigenvalue weighted by atomic mass is 16.7. The molecule has 0 unspecified atom stereocenters. The minimum absolute atomic E-state index is 0.341. The first-order valence-electron chi connectivity index (χ1n) is 8.73. The fourth-order valence-electron chi connectivity index (χ4n) is 3.18. The zero-order chi connectivity index (χ0) is 17.5. The molecular weight excluding hydrogens is 301 g/mol. The van der Waals surface area contributed by atoms with E-state index in [2.05, 4.69) is 56.6 Å². The standard InChI is InChI=1S/C18H28BN3O2/c1-13-21-15-10-7-9-14(16(15)22(13)12-8-11-20-6)19-23-17(2,3)18(4,5)24-19/h7,9-10,20H,8,11-12H2,1-6H3. The van der Waals surface area contributed by atoms with Crippen LogP contribution in [0.3, 0.4) is 0 Å². The first-order valence-corrected chi connectivity index (χ1v) is 8.73. The van der Waals surface area contributed by atoms with Crippen molar-refractivity contribution in [2.45, 2.75) is 58.8 Å². The predicted molar refractivity (Wildman–Crippen MR) is 98.7 cm³/mol. The lowest BCUT2D eigenvalue weighted by Gasteiger charge is -2.32. The van der Waals surface area contributed by atoms with Gasteiger partial charge < -0.3 is 19.2 Å². The van der Waals surface area contributed by atoms with Crippen LogP contribution in [0.15, 0.2) is 18.2 Å². The Hall–Kier alpha value is -1.37. The van der Waals surface area contributed by atoms with E-state index in [1.165, 1.54) is 0 Å². The molecule has 3 rings (SSSR count). The number of rotatable bonds is 5. The number of imidazole rings is 1. The van der Waals surface area contributed by atoms with Crippen LogP contribution in [0.25, 0.3) is 11.0 Å². The molecule has 0 bridgehead atoms. The van der Waals surface area contributed by atoms with E-state index in [0.29, 0.717) is 0 Å². The summed E-state index contributed by atoms with van der Waals surface area (Å²) >= 11 is 0. The number of hydrogen-bond donors (Lipinski definition) is 1.